The molecule has 2 heterocycles. The van der Waals surface area contributed by atoms with Crippen molar-refractivity contribution in [2.45, 2.75) is 24.7 Å². The fourth-order valence-corrected chi connectivity index (χ4v) is 5.26. The molecule has 4 aromatic rings. The van der Waals surface area contributed by atoms with Crippen molar-refractivity contribution in [2.75, 3.05) is 14.2 Å². The van der Waals surface area contributed by atoms with E-state index in [1.165, 1.54) is 24.3 Å². The number of hydrogen-bond acceptors (Lipinski definition) is 12. The number of aliphatic hydroxyl groups is 2. The third kappa shape index (κ3) is 5.06. The van der Waals surface area contributed by atoms with E-state index in [1.54, 1.807) is 24.3 Å². The van der Waals surface area contributed by atoms with E-state index >= 15 is 0 Å². The topological polar surface area (TPSA) is 188 Å². The van der Waals surface area contributed by atoms with Crippen molar-refractivity contribution < 1.29 is 47.7 Å². The summed E-state index contributed by atoms with van der Waals surface area (Å²) in [6, 6.07) is 12.3. The Balaban J connectivity index is 1.69. The Labute approximate surface area is 247 Å². The summed E-state index contributed by atoms with van der Waals surface area (Å²) in [6.07, 6.45) is 0.598. The van der Waals surface area contributed by atoms with Crippen LogP contribution >= 0.6 is 0 Å². The predicted molar refractivity (Wildman–Crippen MR) is 153 cm³/mol. The van der Waals surface area contributed by atoms with Crippen LogP contribution < -0.4 is 10.9 Å². The lowest BCUT2D eigenvalue weighted by Gasteiger charge is -2.26. The number of hydrogen-bond donors (Lipinski definition) is 2. The minimum Gasteiger partial charge on any atom is -0.504 e. The van der Waals surface area contributed by atoms with Crippen LogP contribution in [-0.4, -0.2) is 47.9 Å². The number of rotatable bonds is 8. The maximum absolute atomic E-state index is 13.8. The van der Waals surface area contributed by atoms with Gasteiger partial charge < -0.3 is 28.5 Å². The summed E-state index contributed by atoms with van der Waals surface area (Å²) >= 11 is 0. The zero-order valence-electron chi connectivity index (χ0n) is 23.3. The molecule has 0 amide bonds. The van der Waals surface area contributed by atoms with E-state index in [0.717, 1.165) is 26.7 Å². The summed E-state index contributed by atoms with van der Waals surface area (Å²) in [6.45, 7) is 0. The molecule has 0 bridgehead atoms. The highest BCUT2D eigenvalue weighted by molar-refractivity contribution is 6.24. The molecular formula is C32H24O12. The van der Waals surface area contributed by atoms with Crippen LogP contribution in [0.5, 0.6) is 0 Å². The van der Waals surface area contributed by atoms with Crippen molar-refractivity contribution in [3.8, 4) is 0 Å². The van der Waals surface area contributed by atoms with Crippen LogP contribution in [0.4, 0.5) is 0 Å². The quantitative estimate of drug-likeness (QED) is 0.221. The zero-order chi connectivity index (χ0) is 31.7. The highest BCUT2D eigenvalue weighted by Gasteiger charge is 2.44. The van der Waals surface area contributed by atoms with E-state index in [0.29, 0.717) is 0 Å². The van der Waals surface area contributed by atoms with E-state index in [9.17, 15) is 39.0 Å². The number of ether oxygens (including phenoxy) is 2. The average Bonchev–Trinajstić information content (AvgIpc) is 3.03. The second-order valence-corrected chi connectivity index (χ2v) is 9.88. The Hall–Kier alpha value is -5.78. The number of carbonyl (C=O) groups is 4. The number of para-hydroxylation sites is 2. The Morgan fingerprint density at radius 3 is 1.39 bits per heavy atom. The fourth-order valence-electron chi connectivity index (χ4n) is 5.26. The molecule has 224 valence electrons. The van der Waals surface area contributed by atoms with Crippen LogP contribution in [0, 0.1) is 0 Å². The van der Waals surface area contributed by atoms with Gasteiger partial charge in [-0.25, -0.2) is 0 Å². The molecule has 2 aromatic heterocycles. The largest absolute Gasteiger partial charge is 0.504 e. The Kier molecular flexibility index (Phi) is 7.99. The van der Waals surface area contributed by atoms with Crippen molar-refractivity contribution in [2.24, 2.45) is 0 Å². The Bertz CT molecular complexity index is 1890. The van der Waals surface area contributed by atoms with Crippen molar-refractivity contribution >= 4 is 45.4 Å². The van der Waals surface area contributed by atoms with Gasteiger partial charge >= 0.3 is 11.9 Å². The third-order valence-corrected chi connectivity index (χ3v) is 7.49. The van der Waals surface area contributed by atoms with Crippen molar-refractivity contribution in [1.82, 2.24) is 0 Å². The first kappa shape index (κ1) is 29.7. The monoisotopic (exact) mass is 600 g/mol. The van der Waals surface area contributed by atoms with Crippen LogP contribution in [0.1, 0.15) is 35.8 Å². The van der Waals surface area contributed by atoms with E-state index < -0.39 is 81.7 Å². The number of benzene rings is 2. The molecule has 0 unspecified atom stereocenters. The molecule has 0 radical (unpaired) electrons. The molecule has 0 saturated heterocycles. The van der Waals surface area contributed by atoms with Gasteiger partial charge in [0.05, 0.1) is 61.5 Å². The minimum atomic E-state index is -1.59. The number of Topliss-reactive ketones (excluding diaryl/α,β-unsaturated/α-hetero) is 2. The van der Waals surface area contributed by atoms with Crippen molar-refractivity contribution in [3.63, 3.8) is 0 Å². The Morgan fingerprint density at radius 2 is 1.02 bits per heavy atom. The molecule has 0 spiro atoms. The Morgan fingerprint density at radius 1 is 0.659 bits per heavy atom. The average molecular weight is 601 g/mol. The third-order valence-electron chi connectivity index (χ3n) is 7.49. The highest BCUT2D eigenvalue weighted by Crippen LogP contribution is 2.40. The maximum Gasteiger partial charge on any atom is 0.306 e. The first-order chi connectivity index (χ1) is 21.1. The molecule has 44 heavy (non-hydrogen) atoms. The van der Waals surface area contributed by atoms with Gasteiger partial charge in [0.25, 0.3) is 0 Å². The summed E-state index contributed by atoms with van der Waals surface area (Å²) in [4.78, 5) is 79.2. The van der Waals surface area contributed by atoms with E-state index in [-0.39, 0.29) is 33.1 Å². The molecule has 2 atom stereocenters. The predicted octanol–water partition coefficient (Wildman–Crippen LogP) is 3.67. The summed E-state index contributed by atoms with van der Waals surface area (Å²) in [7, 11) is 2.12. The lowest BCUT2D eigenvalue weighted by atomic mass is 9.76. The molecule has 12 nitrogen and oxygen atoms in total. The molecule has 2 N–H and O–H groups in total. The molecule has 0 fully saturated rings. The summed E-state index contributed by atoms with van der Waals surface area (Å²) < 4.78 is 20.5. The number of allylic oxidation sites excluding steroid dienone is 2. The van der Waals surface area contributed by atoms with Gasteiger partial charge in [0.15, 0.2) is 22.4 Å². The lowest BCUT2D eigenvalue weighted by Crippen LogP contribution is -2.33. The first-order valence-electron chi connectivity index (χ1n) is 13.2. The summed E-state index contributed by atoms with van der Waals surface area (Å²) in [5, 5.41) is 22.6. The fraction of sp³-hybridized carbons (Fsp3) is 0.188. The molecule has 1 aliphatic rings. The van der Waals surface area contributed by atoms with Gasteiger partial charge in [-0.3, -0.25) is 28.8 Å². The number of aliphatic hydroxyl groups excluding tert-OH is 2. The van der Waals surface area contributed by atoms with Crippen LogP contribution in [0.2, 0.25) is 0 Å². The highest BCUT2D eigenvalue weighted by atomic mass is 16.5. The smallest absolute Gasteiger partial charge is 0.306 e. The summed E-state index contributed by atoms with van der Waals surface area (Å²) in [5.74, 6) is -10.0. The number of methoxy groups -OCH3 is 2. The maximum atomic E-state index is 13.8. The lowest BCUT2D eigenvalue weighted by molar-refractivity contribution is -0.142. The van der Waals surface area contributed by atoms with Crippen LogP contribution in [0.25, 0.3) is 21.9 Å². The number of carbonyl (C=O) groups excluding carboxylic acids is 4. The minimum absolute atomic E-state index is 0.0937. The zero-order valence-corrected chi connectivity index (χ0v) is 23.3. The van der Waals surface area contributed by atoms with Crippen molar-refractivity contribution in [1.29, 1.82) is 0 Å². The number of fused-ring (bicyclic) bond motifs is 2. The van der Waals surface area contributed by atoms with Gasteiger partial charge in [-0.1, -0.05) is 24.3 Å². The van der Waals surface area contributed by atoms with Crippen molar-refractivity contribution in [3.05, 3.63) is 115 Å². The molecule has 0 saturated carbocycles. The van der Waals surface area contributed by atoms with Gasteiger partial charge in [0.2, 0.25) is 11.6 Å². The standard InChI is InChI=1S/C32H24O12/c1-41-23(33)11-17(19-13-43-21-9-5-3-7-15(21)27(19)35)25-29(37)31(39)26(32(40)30(25)38)18(12-24(34)42-2)20-14-44-22-10-6-4-8-16(22)28(20)36/h3-10,13-14,17-18,37,40H,11-12H2,1-2H3/t17-,18-/m0/s1. The van der Waals surface area contributed by atoms with E-state index in [4.69, 9.17) is 18.3 Å². The second-order valence-electron chi connectivity index (χ2n) is 9.88. The van der Waals surface area contributed by atoms with Gasteiger partial charge in [0, 0.05) is 23.0 Å². The molecular weight excluding hydrogens is 576 g/mol. The van der Waals surface area contributed by atoms with Gasteiger partial charge in [-0.2, -0.15) is 0 Å². The van der Waals surface area contributed by atoms with Gasteiger partial charge in [-0.15, -0.1) is 0 Å². The van der Waals surface area contributed by atoms with Crippen LogP contribution in [0.15, 0.2) is 102 Å². The molecule has 1 aliphatic carbocycles. The number of ketones is 2. The summed E-state index contributed by atoms with van der Waals surface area (Å²) in [5.41, 5.74) is -3.00. The normalized spacial score (nSPS) is 15.0. The molecule has 2 aromatic carbocycles. The molecule has 0 aliphatic heterocycles. The van der Waals surface area contributed by atoms with Gasteiger partial charge in [0.1, 0.15) is 11.2 Å². The van der Waals surface area contributed by atoms with Crippen LogP contribution in [0.3, 0.4) is 0 Å². The first-order valence-corrected chi connectivity index (χ1v) is 13.2. The van der Waals surface area contributed by atoms with E-state index in [2.05, 4.69) is 0 Å². The van der Waals surface area contributed by atoms with E-state index in [1.807, 2.05) is 0 Å². The molecule has 12 heteroatoms. The molecule has 5 rings (SSSR count). The second kappa shape index (κ2) is 11.8. The van der Waals surface area contributed by atoms with Crippen LogP contribution in [-0.2, 0) is 28.7 Å². The van der Waals surface area contributed by atoms with Gasteiger partial charge in [-0.05, 0) is 24.3 Å². The number of esters is 2. The SMILES string of the molecule is COC(=O)C[C@H](C1=C(O)C(=O)C([C@@H](CC(=O)OC)c2coc3ccccc3c2=O)=C(O)C1=O)c1coc2ccccc2c1=O.